The van der Waals surface area contributed by atoms with E-state index in [1.54, 1.807) is 18.2 Å². The highest BCUT2D eigenvalue weighted by Gasteiger charge is 2.11. The number of anilines is 1. The molecule has 0 atom stereocenters. The van der Waals surface area contributed by atoms with Crippen LogP contribution in [0.5, 0.6) is 17.2 Å². The number of carbonyl (C=O) groups is 1. The molecule has 2 aromatic rings. The molecule has 0 saturated carbocycles. The van der Waals surface area contributed by atoms with E-state index in [-0.39, 0.29) is 17.1 Å². The third kappa shape index (κ3) is 4.47. The summed E-state index contributed by atoms with van der Waals surface area (Å²) in [5.74, 6) is 0.260. The number of nitro groups is 1. The van der Waals surface area contributed by atoms with Crippen LogP contribution in [0.15, 0.2) is 42.5 Å². The SMILES string of the molecule is COc1ccc(/C=C/C(=O)Nc2cc([N+](=O)[O-])ccc2O)cc1OC. The Hall–Kier alpha value is -3.55. The van der Waals surface area contributed by atoms with E-state index < -0.39 is 10.8 Å². The lowest BCUT2D eigenvalue weighted by molar-refractivity contribution is -0.384. The average Bonchev–Trinajstić information content (AvgIpc) is 2.61. The molecule has 0 aliphatic heterocycles. The topological polar surface area (TPSA) is 111 Å². The van der Waals surface area contributed by atoms with Crippen molar-refractivity contribution in [3.05, 3.63) is 58.2 Å². The van der Waals surface area contributed by atoms with Gasteiger partial charge in [0.1, 0.15) is 5.75 Å². The molecule has 0 saturated heterocycles. The molecule has 0 heterocycles. The molecule has 0 aromatic heterocycles. The number of methoxy groups -OCH3 is 2. The molecule has 130 valence electrons. The summed E-state index contributed by atoms with van der Waals surface area (Å²) in [5.41, 5.74) is 0.407. The van der Waals surface area contributed by atoms with Crippen molar-refractivity contribution in [2.24, 2.45) is 0 Å². The number of aromatic hydroxyl groups is 1. The van der Waals surface area contributed by atoms with E-state index in [0.29, 0.717) is 17.1 Å². The molecule has 0 spiro atoms. The molecule has 0 bridgehead atoms. The molecule has 25 heavy (non-hydrogen) atoms. The summed E-state index contributed by atoms with van der Waals surface area (Å²) >= 11 is 0. The first-order valence-electron chi connectivity index (χ1n) is 7.13. The van der Waals surface area contributed by atoms with E-state index in [1.807, 2.05) is 0 Å². The Labute approximate surface area is 143 Å². The van der Waals surface area contributed by atoms with Gasteiger partial charge in [0.25, 0.3) is 5.69 Å². The number of phenolic OH excluding ortho intramolecular Hbond substituents is 1. The number of benzene rings is 2. The minimum Gasteiger partial charge on any atom is -0.506 e. The van der Waals surface area contributed by atoms with Gasteiger partial charge in [0.15, 0.2) is 11.5 Å². The summed E-state index contributed by atoms with van der Waals surface area (Å²) in [6.07, 6.45) is 2.77. The van der Waals surface area contributed by atoms with Gasteiger partial charge in [-0.1, -0.05) is 6.07 Å². The summed E-state index contributed by atoms with van der Waals surface area (Å²) in [5, 5.41) is 22.8. The predicted octanol–water partition coefficient (Wildman–Crippen LogP) is 2.97. The molecule has 2 N–H and O–H groups in total. The second-order valence-electron chi connectivity index (χ2n) is 4.90. The normalized spacial score (nSPS) is 10.5. The highest BCUT2D eigenvalue weighted by atomic mass is 16.6. The molecule has 0 unspecified atom stereocenters. The zero-order valence-corrected chi connectivity index (χ0v) is 13.6. The zero-order valence-electron chi connectivity index (χ0n) is 13.6. The number of carbonyl (C=O) groups excluding carboxylic acids is 1. The van der Waals surface area contributed by atoms with Crippen molar-refractivity contribution in [1.29, 1.82) is 0 Å². The van der Waals surface area contributed by atoms with E-state index in [1.165, 1.54) is 26.4 Å². The van der Waals surface area contributed by atoms with Crippen LogP contribution in [-0.4, -0.2) is 30.2 Å². The maximum absolute atomic E-state index is 12.0. The number of hydrogen-bond acceptors (Lipinski definition) is 6. The largest absolute Gasteiger partial charge is 0.506 e. The van der Waals surface area contributed by atoms with Crippen LogP contribution in [0.4, 0.5) is 11.4 Å². The molecule has 2 rings (SSSR count). The van der Waals surface area contributed by atoms with Crippen LogP contribution in [0.3, 0.4) is 0 Å². The van der Waals surface area contributed by atoms with Gasteiger partial charge < -0.3 is 19.9 Å². The molecule has 0 fully saturated rings. The second kappa shape index (κ2) is 7.82. The number of rotatable bonds is 6. The first-order valence-corrected chi connectivity index (χ1v) is 7.13. The van der Waals surface area contributed by atoms with Gasteiger partial charge >= 0.3 is 0 Å². The maximum Gasteiger partial charge on any atom is 0.271 e. The summed E-state index contributed by atoms with van der Waals surface area (Å²) in [7, 11) is 3.02. The summed E-state index contributed by atoms with van der Waals surface area (Å²) in [6, 6.07) is 8.49. The Kier molecular flexibility index (Phi) is 5.57. The second-order valence-corrected chi connectivity index (χ2v) is 4.90. The number of phenols is 1. The van der Waals surface area contributed by atoms with Gasteiger partial charge in [-0.25, -0.2) is 0 Å². The third-order valence-corrected chi connectivity index (χ3v) is 3.28. The number of amides is 1. The Morgan fingerprint density at radius 2 is 1.88 bits per heavy atom. The van der Waals surface area contributed by atoms with E-state index in [4.69, 9.17) is 9.47 Å². The van der Waals surface area contributed by atoms with Gasteiger partial charge in [-0.05, 0) is 29.8 Å². The molecule has 0 aliphatic rings. The van der Waals surface area contributed by atoms with Gasteiger partial charge in [-0.3, -0.25) is 14.9 Å². The maximum atomic E-state index is 12.0. The van der Waals surface area contributed by atoms with E-state index in [2.05, 4.69) is 5.32 Å². The number of non-ortho nitro benzene ring substituents is 1. The molecule has 8 nitrogen and oxygen atoms in total. The number of ether oxygens (including phenoxy) is 2. The van der Waals surface area contributed by atoms with Crippen molar-refractivity contribution in [2.75, 3.05) is 19.5 Å². The van der Waals surface area contributed by atoms with Crippen LogP contribution in [0, 0.1) is 10.1 Å². The Morgan fingerprint density at radius 1 is 1.16 bits per heavy atom. The van der Waals surface area contributed by atoms with Crippen molar-refractivity contribution >= 4 is 23.4 Å². The van der Waals surface area contributed by atoms with Crippen molar-refractivity contribution < 1.29 is 24.3 Å². The van der Waals surface area contributed by atoms with Gasteiger partial charge in [-0.15, -0.1) is 0 Å². The monoisotopic (exact) mass is 344 g/mol. The van der Waals surface area contributed by atoms with Gasteiger partial charge in [0, 0.05) is 18.2 Å². The van der Waals surface area contributed by atoms with Crippen molar-refractivity contribution in [2.45, 2.75) is 0 Å². The first kappa shape index (κ1) is 17.8. The summed E-state index contributed by atoms with van der Waals surface area (Å²) in [4.78, 5) is 22.1. The fourth-order valence-corrected chi connectivity index (χ4v) is 2.04. The van der Waals surface area contributed by atoms with Crippen LogP contribution < -0.4 is 14.8 Å². The molecule has 2 aromatic carbocycles. The van der Waals surface area contributed by atoms with E-state index in [9.17, 15) is 20.0 Å². The number of hydrogen-bond donors (Lipinski definition) is 2. The lowest BCUT2D eigenvalue weighted by Crippen LogP contribution is -2.08. The first-order chi connectivity index (χ1) is 11.9. The van der Waals surface area contributed by atoms with Crippen molar-refractivity contribution in [1.82, 2.24) is 0 Å². The summed E-state index contributed by atoms with van der Waals surface area (Å²) in [6.45, 7) is 0. The van der Waals surface area contributed by atoms with Gasteiger partial charge in [0.2, 0.25) is 5.91 Å². The number of nitrogens with one attached hydrogen (secondary N) is 1. The van der Waals surface area contributed by atoms with Crippen LogP contribution in [0.1, 0.15) is 5.56 Å². The fourth-order valence-electron chi connectivity index (χ4n) is 2.04. The highest BCUT2D eigenvalue weighted by Crippen LogP contribution is 2.29. The minimum atomic E-state index is -0.617. The number of nitrogens with zero attached hydrogens (tertiary/aromatic N) is 1. The Bertz CT molecular complexity index is 832. The smallest absolute Gasteiger partial charge is 0.271 e. The lowest BCUT2D eigenvalue weighted by Gasteiger charge is -2.07. The zero-order chi connectivity index (χ0) is 18.4. The van der Waals surface area contributed by atoms with Crippen molar-refractivity contribution in [3.8, 4) is 17.2 Å². The van der Waals surface area contributed by atoms with Crippen LogP contribution in [0.25, 0.3) is 6.08 Å². The minimum absolute atomic E-state index is 0.0452. The van der Waals surface area contributed by atoms with Gasteiger partial charge in [-0.2, -0.15) is 0 Å². The molecular weight excluding hydrogens is 328 g/mol. The van der Waals surface area contributed by atoms with E-state index in [0.717, 1.165) is 18.2 Å². The number of nitro benzene ring substituents is 1. The molecule has 0 radical (unpaired) electrons. The molecule has 8 heteroatoms. The predicted molar refractivity (Wildman–Crippen MR) is 92.0 cm³/mol. The highest BCUT2D eigenvalue weighted by molar-refractivity contribution is 6.03. The molecular formula is C17H16N2O6. The fraction of sp³-hybridized carbons (Fsp3) is 0.118. The average molecular weight is 344 g/mol. The quantitative estimate of drug-likeness (QED) is 0.361. The lowest BCUT2D eigenvalue weighted by atomic mass is 10.2. The summed E-state index contributed by atoms with van der Waals surface area (Å²) < 4.78 is 10.3. The molecule has 1 amide bonds. The van der Waals surface area contributed by atoms with E-state index >= 15 is 0 Å². The van der Waals surface area contributed by atoms with Crippen LogP contribution in [-0.2, 0) is 4.79 Å². The molecule has 0 aliphatic carbocycles. The Balaban J connectivity index is 2.14. The van der Waals surface area contributed by atoms with Crippen LogP contribution in [0.2, 0.25) is 0 Å². The standard InChI is InChI=1S/C17H16N2O6/c1-24-15-7-3-11(9-16(15)25-2)4-8-17(21)18-13-10-12(19(22)23)5-6-14(13)20/h3-10,20H,1-2H3,(H,18,21)/b8-4+. The van der Waals surface area contributed by atoms with Crippen molar-refractivity contribution in [3.63, 3.8) is 0 Å². The Morgan fingerprint density at radius 3 is 2.52 bits per heavy atom. The third-order valence-electron chi connectivity index (χ3n) is 3.28. The van der Waals surface area contributed by atoms with Crippen LogP contribution >= 0.6 is 0 Å². The van der Waals surface area contributed by atoms with Gasteiger partial charge in [0.05, 0.1) is 24.8 Å².